The third-order valence-electron chi connectivity index (χ3n) is 4.52. The summed E-state index contributed by atoms with van der Waals surface area (Å²) in [5.74, 6) is -0.967. The molecule has 2 atom stereocenters. The number of hydrogen-bond acceptors (Lipinski definition) is 4. The summed E-state index contributed by atoms with van der Waals surface area (Å²) in [7, 11) is 1.79. The first-order valence-corrected chi connectivity index (χ1v) is 7.71. The van der Waals surface area contributed by atoms with Crippen molar-refractivity contribution in [1.82, 2.24) is 14.8 Å². The molecular weight excluding hydrogens is 314 g/mol. The van der Waals surface area contributed by atoms with E-state index in [1.165, 1.54) is 6.07 Å². The Morgan fingerprint density at radius 1 is 1.25 bits per heavy atom. The predicted octanol–water partition coefficient (Wildman–Crippen LogP) is 2.56. The quantitative estimate of drug-likeness (QED) is 0.785. The van der Waals surface area contributed by atoms with Crippen LogP contribution in [-0.2, 0) is 7.05 Å². The number of aliphatic hydroxyl groups is 1. The summed E-state index contributed by atoms with van der Waals surface area (Å²) in [5, 5.41) is 15.2. The van der Waals surface area contributed by atoms with Crippen LogP contribution in [0.4, 0.5) is 14.5 Å². The summed E-state index contributed by atoms with van der Waals surface area (Å²) < 4.78 is 29.5. The van der Waals surface area contributed by atoms with Gasteiger partial charge in [0.05, 0.1) is 29.4 Å². The molecule has 1 aliphatic rings. The lowest BCUT2D eigenvalue weighted by atomic mass is 10.0. The Hall–Kier alpha value is -2.54. The molecule has 24 heavy (non-hydrogen) atoms. The molecule has 2 aromatic heterocycles. The van der Waals surface area contributed by atoms with Gasteiger partial charge in [-0.25, -0.2) is 13.8 Å². The van der Waals surface area contributed by atoms with Crippen LogP contribution in [0.25, 0.3) is 11.0 Å². The number of β-amino-alcohol motifs (C(OH)–C–C–N with tert-alkyl or cyclic N) is 1. The largest absolute Gasteiger partial charge is 0.391 e. The highest BCUT2D eigenvalue weighted by atomic mass is 19.1. The molecule has 0 aliphatic carbocycles. The van der Waals surface area contributed by atoms with Gasteiger partial charge in [-0.05, 0) is 30.7 Å². The maximum Gasteiger partial charge on any atom is 0.159 e. The zero-order valence-corrected chi connectivity index (χ0v) is 13.0. The van der Waals surface area contributed by atoms with Gasteiger partial charge in [0.25, 0.3) is 0 Å². The van der Waals surface area contributed by atoms with Crippen molar-refractivity contribution < 1.29 is 13.9 Å². The van der Waals surface area contributed by atoms with Crippen LogP contribution in [-0.4, -0.2) is 32.5 Å². The number of nitrogens with zero attached hydrogens (tertiary/aromatic N) is 4. The number of rotatable bonds is 2. The number of fused-ring (bicyclic) bond motifs is 1. The van der Waals surface area contributed by atoms with Crippen LogP contribution in [0.15, 0.2) is 36.7 Å². The van der Waals surface area contributed by atoms with Gasteiger partial charge in [-0.3, -0.25) is 4.68 Å². The van der Waals surface area contributed by atoms with Gasteiger partial charge in [-0.1, -0.05) is 0 Å². The van der Waals surface area contributed by atoms with Crippen molar-refractivity contribution in [3.63, 3.8) is 0 Å². The smallest absolute Gasteiger partial charge is 0.159 e. The van der Waals surface area contributed by atoms with Crippen molar-refractivity contribution in [2.45, 2.75) is 18.6 Å². The fourth-order valence-corrected chi connectivity index (χ4v) is 3.43. The second-order valence-corrected chi connectivity index (χ2v) is 6.06. The Labute approximate surface area is 137 Å². The fraction of sp³-hybridized carbons (Fsp3) is 0.294. The van der Waals surface area contributed by atoms with Crippen LogP contribution < -0.4 is 4.90 Å². The maximum absolute atomic E-state index is 14.3. The average Bonchev–Trinajstić information content (AvgIpc) is 3.13. The second kappa shape index (κ2) is 5.52. The van der Waals surface area contributed by atoms with E-state index in [0.717, 1.165) is 23.2 Å². The first kappa shape index (κ1) is 15.0. The van der Waals surface area contributed by atoms with E-state index < -0.39 is 23.8 Å². The molecule has 0 radical (unpaired) electrons. The molecule has 3 heterocycles. The highest BCUT2D eigenvalue weighted by Gasteiger charge is 2.35. The molecule has 1 saturated heterocycles. The zero-order valence-electron chi connectivity index (χ0n) is 13.0. The maximum atomic E-state index is 14.3. The first-order chi connectivity index (χ1) is 11.5. The second-order valence-electron chi connectivity index (χ2n) is 6.06. The summed E-state index contributed by atoms with van der Waals surface area (Å²) in [5.41, 5.74) is 1.76. The molecule has 0 spiro atoms. The summed E-state index contributed by atoms with van der Waals surface area (Å²) in [6.45, 7) is 0.342. The molecule has 1 N–H and O–H groups in total. The first-order valence-electron chi connectivity index (χ1n) is 7.71. The number of hydrogen-bond donors (Lipinski definition) is 1. The van der Waals surface area contributed by atoms with Gasteiger partial charge in [0.2, 0.25) is 0 Å². The number of aryl methyl sites for hydroxylation is 1. The monoisotopic (exact) mass is 330 g/mol. The number of pyridine rings is 1. The standard InChI is InChI=1S/C17H16F2N4O/c1-22-17-13(8-21-22)15(4-5-20-17)23-9-11(24)7-16(23)12-6-10(18)2-3-14(12)19/h2-6,8,11,16,24H,7,9H2,1H3. The Kier molecular flexibility index (Phi) is 3.45. The third kappa shape index (κ3) is 2.32. The minimum atomic E-state index is -0.613. The molecule has 7 heteroatoms. The lowest BCUT2D eigenvalue weighted by Crippen LogP contribution is -2.25. The number of aromatic nitrogens is 3. The Morgan fingerprint density at radius 2 is 2.08 bits per heavy atom. The molecule has 0 saturated carbocycles. The molecule has 4 rings (SSSR count). The molecule has 5 nitrogen and oxygen atoms in total. The van der Waals surface area contributed by atoms with E-state index in [-0.39, 0.29) is 5.56 Å². The van der Waals surface area contributed by atoms with Gasteiger partial charge >= 0.3 is 0 Å². The minimum Gasteiger partial charge on any atom is -0.391 e. The van der Waals surface area contributed by atoms with Crippen LogP contribution in [0.3, 0.4) is 0 Å². The molecule has 0 amide bonds. The SMILES string of the molecule is Cn1ncc2c(N3CC(O)CC3c3cc(F)ccc3F)ccnc21. The lowest BCUT2D eigenvalue weighted by molar-refractivity contribution is 0.194. The highest BCUT2D eigenvalue weighted by Crippen LogP contribution is 2.39. The van der Waals surface area contributed by atoms with Crippen molar-refractivity contribution in [2.24, 2.45) is 7.05 Å². The Morgan fingerprint density at radius 3 is 2.92 bits per heavy atom. The van der Waals surface area contributed by atoms with Crippen LogP contribution in [0, 0.1) is 11.6 Å². The average molecular weight is 330 g/mol. The normalized spacial score (nSPS) is 20.9. The number of halogens is 2. The van der Waals surface area contributed by atoms with Crippen LogP contribution >= 0.6 is 0 Å². The summed E-state index contributed by atoms with van der Waals surface area (Å²) >= 11 is 0. The Balaban J connectivity index is 1.84. The van der Waals surface area contributed by atoms with Crippen molar-refractivity contribution >= 4 is 16.7 Å². The van der Waals surface area contributed by atoms with E-state index in [0.29, 0.717) is 18.6 Å². The van der Waals surface area contributed by atoms with E-state index in [9.17, 15) is 13.9 Å². The van der Waals surface area contributed by atoms with Crippen LogP contribution in [0.1, 0.15) is 18.0 Å². The predicted molar refractivity (Wildman–Crippen MR) is 85.6 cm³/mol. The topological polar surface area (TPSA) is 54.2 Å². The van der Waals surface area contributed by atoms with Gasteiger partial charge < -0.3 is 10.0 Å². The Bertz CT molecular complexity index is 911. The van der Waals surface area contributed by atoms with Crippen molar-refractivity contribution in [3.8, 4) is 0 Å². The number of benzene rings is 1. The summed E-state index contributed by atoms with van der Waals surface area (Å²) in [6.07, 6.45) is 3.08. The van der Waals surface area contributed by atoms with E-state index in [1.807, 2.05) is 11.0 Å². The third-order valence-corrected chi connectivity index (χ3v) is 4.52. The minimum absolute atomic E-state index is 0.250. The highest BCUT2D eigenvalue weighted by molar-refractivity contribution is 5.89. The van der Waals surface area contributed by atoms with Crippen molar-refractivity contribution in [3.05, 3.63) is 53.9 Å². The van der Waals surface area contributed by atoms with Crippen molar-refractivity contribution in [1.29, 1.82) is 0 Å². The molecule has 2 unspecified atom stereocenters. The van der Waals surface area contributed by atoms with Crippen LogP contribution in [0.5, 0.6) is 0 Å². The van der Waals surface area contributed by atoms with Crippen LogP contribution in [0.2, 0.25) is 0 Å². The van der Waals surface area contributed by atoms with Gasteiger partial charge in [0.15, 0.2) is 5.65 Å². The molecule has 1 fully saturated rings. The molecule has 0 bridgehead atoms. The molecular formula is C17H16F2N4O. The number of anilines is 1. The number of aliphatic hydroxyl groups excluding tert-OH is 1. The van der Waals surface area contributed by atoms with Gasteiger partial charge in [-0.2, -0.15) is 5.10 Å². The summed E-state index contributed by atoms with van der Waals surface area (Å²) in [6, 6.07) is 4.79. The fourth-order valence-electron chi connectivity index (χ4n) is 3.43. The van der Waals surface area contributed by atoms with Gasteiger partial charge in [0, 0.05) is 25.4 Å². The molecule has 1 aliphatic heterocycles. The van der Waals surface area contributed by atoms with Gasteiger partial charge in [0.1, 0.15) is 11.6 Å². The molecule has 3 aromatic rings. The lowest BCUT2D eigenvalue weighted by Gasteiger charge is -2.27. The van der Waals surface area contributed by atoms with E-state index >= 15 is 0 Å². The van der Waals surface area contributed by atoms with Gasteiger partial charge in [-0.15, -0.1) is 0 Å². The van der Waals surface area contributed by atoms with E-state index in [4.69, 9.17) is 0 Å². The molecule has 1 aromatic carbocycles. The van der Waals surface area contributed by atoms with Crippen molar-refractivity contribution in [2.75, 3.05) is 11.4 Å². The van der Waals surface area contributed by atoms with E-state index in [1.54, 1.807) is 24.1 Å². The van der Waals surface area contributed by atoms with E-state index in [2.05, 4.69) is 10.1 Å². The molecule has 124 valence electrons. The zero-order chi connectivity index (χ0) is 16.8. The summed E-state index contributed by atoms with van der Waals surface area (Å²) in [4.78, 5) is 6.20.